The monoisotopic (exact) mass is 393 g/mol. The van der Waals surface area contributed by atoms with Gasteiger partial charge in [-0.1, -0.05) is 43.2 Å². The van der Waals surface area contributed by atoms with Gasteiger partial charge in [0.15, 0.2) is 5.82 Å². The van der Waals surface area contributed by atoms with Crippen LogP contribution in [0.1, 0.15) is 42.9 Å². The van der Waals surface area contributed by atoms with Crippen molar-refractivity contribution in [1.82, 2.24) is 0 Å². The smallest absolute Gasteiger partial charge is 0.152 e. The number of unbranched alkanes of at least 4 members (excludes halogenated alkanes) is 2. The Morgan fingerprint density at radius 1 is 0.962 bits per heavy atom. The van der Waals surface area contributed by atoms with Gasteiger partial charge in [-0.2, -0.15) is 4.99 Å². The van der Waals surface area contributed by atoms with Crippen molar-refractivity contribution in [2.45, 2.75) is 32.6 Å². The lowest BCUT2D eigenvalue weighted by Gasteiger charge is -2.05. The Bertz CT molecular complexity index is 878. The Labute approximate surface area is 160 Å². The van der Waals surface area contributed by atoms with Gasteiger partial charge in [0.05, 0.1) is 10.2 Å². The SMILES string of the molecule is CCCCCc1c(F)cc(C#Cc2cc(F)c(N=C=S)c(Cl)c2)cc1F. The van der Waals surface area contributed by atoms with Gasteiger partial charge in [-0.15, -0.1) is 0 Å². The normalized spacial score (nSPS) is 10.0. The molecule has 0 atom stereocenters. The van der Waals surface area contributed by atoms with E-state index in [2.05, 4.69) is 29.1 Å². The van der Waals surface area contributed by atoms with Crippen LogP contribution in [0.2, 0.25) is 5.02 Å². The third kappa shape index (κ3) is 5.19. The fourth-order valence-corrected chi connectivity index (χ4v) is 2.74. The molecule has 0 aliphatic carbocycles. The summed E-state index contributed by atoms with van der Waals surface area (Å²) in [6, 6.07) is 4.88. The molecular formula is C20H15ClF3NS. The maximum atomic E-state index is 14.1. The van der Waals surface area contributed by atoms with Crippen LogP contribution in [0.5, 0.6) is 0 Å². The number of hydrogen-bond donors (Lipinski definition) is 0. The Morgan fingerprint density at radius 3 is 2.08 bits per heavy atom. The van der Waals surface area contributed by atoms with Crippen molar-refractivity contribution < 1.29 is 13.2 Å². The van der Waals surface area contributed by atoms with Crippen LogP contribution in [0, 0.1) is 29.3 Å². The molecular weight excluding hydrogens is 379 g/mol. The minimum absolute atomic E-state index is 0.0234. The Kier molecular flexibility index (Phi) is 7.41. The number of halogens is 4. The van der Waals surface area contributed by atoms with Crippen molar-refractivity contribution in [2.75, 3.05) is 0 Å². The van der Waals surface area contributed by atoms with Crippen molar-refractivity contribution in [3.63, 3.8) is 0 Å². The van der Waals surface area contributed by atoms with Crippen LogP contribution < -0.4 is 0 Å². The molecule has 0 heterocycles. The predicted octanol–water partition coefficient (Wildman–Crippen LogP) is 6.62. The van der Waals surface area contributed by atoms with Crippen LogP contribution in [0.15, 0.2) is 29.3 Å². The number of nitrogens with zero attached hydrogens (tertiary/aromatic N) is 1. The molecule has 0 amide bonds. The zero-order valence-corrected chi connectivity index (χ0v) is 15.6. The van der Waals surface area contributed by atoms with Gasteiger partial charge < -0.3 is 0 Å². The minimum Gasteiger partial charge on any atom is -0.207 e. The van der Waals surface area contributed by atoms with E-state index in [0.717, 1.165) is 25.3 Å². The molecule has 2 aromatic carbocycles. The fraction of sp³-hybridized carbons (Fsp3) is 0.250. The lowest BCUT2D eigenvalue weighted by molar-refractivity contribution is 0.545. The van der Waals surface area contributed by atoms with Crippen LogP contribution in [-0.2, 0) is 6.42 Å². The lowest BCUT2D eigenvalue weighted by atomic mass is 10.0. The number of aliphatic imine (C=N–C) groups is 1. The molecule has 0 saturated carbocycles. The van der Waals surface area contributed by atoms with E-state index in [1.165, 1.54) is 18.2 Å². The van der Waals surface area contributed by atoms with E-state index in [-0.39, 0.29) is 27.4 Å². The van der Waals surface area contributed by atoms with Crippen LogP contribution in [0.25, 0.3) is 0 Å². The average molecular weight is 394 g/mol. The van der Waals surface area contributed by atoms with Crippen molar-refractivity contribution in [2.24, 2.45) is 4.99 Å². The first-order valence-corrected chi connectivity index (χ1v) is 8.81. The predicted molar refractivity (Wildman–Crippen MR) is 102 cm³/mol. The molecule has 0 unspecified atom stereocenters. The maximum absolute atomic E-state index is 14.1. The van der Waals surface area contributed by atoms with Gasteiger partial charge >= 0.3 is 0 Å². The highest BCUT2D eigenvalue weighted by Crippen LogP contribution is 2.29. The molecule has 0 spiro atoms. The Morgan fingerprint density at radius 2 is 1.54 bits per heavy atom. The van der Waals surface area contributed by atoms with Gasteiger partial charge in [0, 0.05) is 16.7 Å². The van der Waals surface area contributed by atoms with E-state index >= 15 is 0 Å². The third-order valence-corrected chi connectivity index (χ3v) is 4.08. The molecule has 0 aromatic heterocycles. The van der Waals surface area contributed by atoms with Crippen molar-refractivity contribution in [3.05, 3.63) is 63.4 Å². The number of isothiocyanates is 1. The highest BCUT2D eigenvalue weighted by atomic mass is 35.5. The van der Waals surface area contributed by atoms with Crippen LogP contribution in [0.3, 0.4) is 0 Å². The van der Waals surface area contributed by atoms with E-state index in [1.54, 1.807) is 0 Å². The Balaban J connectivity index is 2.29. The largest absolute Gasteiger partial charge is 0.207 e. The molecule has 1 nitrogen and oxygen atoms in total. The zero-order valence-electron chi connectivity index (χ0n) is 14.0. The molecule has 0 aliphatic rings. The second kappa shape index (κ2) is 9.54. The summed E-state index contributed by atoms with van der Waals surface area (Å²) in [4.78, 5) is 3.54. The highest BCUT2D eigenvalue weighted by Gasteiger charge is 2.11. The van der Waals surface area contributed by atoms with Gasteiger partial charge in [-0.05, 0) is 49.3 Å². The molecule has 134 valence electrons. The van der Waals surface area contributed by atoms with Gasteiger partial charge in [0.2, 0.25) is 0 Å². The summed E-state index contributed by atoms with van der Waals surface area (Å²) in [6.07, 6.45) is 2.96. The van der Waals surface area contributed by atoms with Crippen molar-refractivity contribution in [3.8, 4) is 11.8 Å². The second-order valence-corrected chi connectivity index (χ2v) is 6.21. The molecule has 2 aromatic rings. The summed E-state index contributed by atoms with van der Waals surface area (Å²) in [5.41, 5.74) is 0.363. The number of thiocarbonyl (C=S) groups is 1. The highest BCUT2D eigenvalue weighted by molar-refractivity contribution is 7.78. The summed E-state index contributed by atoms with van der Waals surface area (Å²) in [7, 11) is 0. The van der Waals surface area contributed by atoms with Crippen molar-refractivity contribution >= 4 is 34.7 Å². The quantitative estimate of drug-likeness (QED) is 0.240. The van der Waals surface area contributed by atoms with E-state index in [1.807, 2.05) is 12.1 Å². The fourth-order valence-electron chi connectivity index (χ4n) is 2.40. The second-order valence-electron chi connectivity index (χ2n) is 5.62. The molecule has 0 fully saturated rings. The van der Waals surface area contributed by atoms with Crippen LogP contribution >= 0.6 is 23.8 Å². The van der Waals surface area contributed by atoms with Gasteiger partial charge in [0.1, 0.15) is 17.3 Å². The maximum Gasteiger partial charge on any atom is 0.152 e. The number of benzene rings is 2. The zero-order chi connectivity index (χ0) is 19.1. The summed E-state index contributed by atoms with van der Waals surface area (Å²) < 4.78 is 42.1. The van der Waals surface area contributed by atoms with Gasteiger partial charge in [-0.25, -0.2) is 13.2 Å². The summed E-state index contributed by atoms with van der Waals surface area (Å²) in [5, 5.41) is 2.07. The van der Waals surface area contributed by atoms with Crippen LogP contribution in [-0.4, -0.2) is 5.16 Å². The number of rotatable bonds is 5. The lowest BCUT2D eigenvalue weighted by Crippen LogP contribution is -1.97. The summed E-state index contributed by atoms with van der Waals surface area (Å²) in [5.74, 6) is 3.31. The van der Waals surface area contributed by atoms with Gasteiger partial charge in [0.25, 0.3) is 0 Å². The molecule has 0 N–H and O–H groups in total. The minimum atomic E-state index is -0.706. The van der Waals surface area contributed by atoms with Crippen molar-refractivity contribution in [1.29, 1.82) is 0 Å². The molecule has 6 heteroatoms. The first-order valence-electron chi connectivity index (χ1n) is 8.03. The van der Waals surface area contributed by atoms with E-state index < -0.39 is 17.5 Å². The van der Waals surface area contributed by atoms with E-state index in [9.17, 15) is 13.2 Å². The molecule has 0 saturated heterocycles. The van der Waals surface area contributed by atoms with E-state index in [0.29, 0.717) is 6.42 Å². The summed E-state index contributed by atoms with van der Waals surface area (Å²) >= 11 is 10.3. The molecule has 0 aliphatic heterocycles. The summed E-state index contributed by atoms with van der Waals surface area (Å²) in [6.45, 7) is 2.02. The molecule has 0 bridgehead atoms. The standard InChI is InChI=1S/C20H15ClF3NS/c1-2-3-4-5-15-17(22)9-14(10-18(15)23)7-6-13-8-16(21)20(25-12-26)19(24)11-13/h8-11H,2-5H2,1H3. The Hall–Kier alpha value is -2.12. The topological polar surface area (TPSA) is 12.4 Å². The molecule has 26 heavy (non-hydrogen) atoms. The van der Waals surface area contributed by atoms with Crippen LogP contribution in [0.4, 0.5) is 18.9 Å². The van der Waals surface area contributed by atoms with E-state index in [4.69, 9.17) is 11.6 Å². The molecule has 2 rings (SSSR count). The number of hydrogen-bond acceptors (Lipinski definition) is 2. The average Bonchev–Trinajstić information content (AvgIpc) is 2.59. The van der Waals surface area contributed by atoms with Gasteiger partial charge in [-0.3, -0.25) is 0 Å². The molecule has 0 radical (unpaired) electrons. The third-order valence-electron chi connectivity index (χ3n) is 3.70. The first kappa shape index (κ1) is 20.2. The first-order chi connectivity index (χ1) is 12.5.